The van der Waals surface area contributed by atoms with Crippen LogP contribution in [0.15, 0.2) is 24.3 Å². The fourth-order valence-corrected chi connectivity index (χ4v) is 4.43. The molecule has 0 saturated carbocycles. The Kier molecular flexibility index (Phi) is 8.78. The summed E-state index contributed by atoms with van der Waals surface area (Å²) in [7, 11) is 3.05. The second-order valence-electron chi connectivity index (χ2n) is 8.03. The van der Waals surface area contributed by atoms with E-state index in [1.54, 1.807) is 26.2 Å². The van der Waals surface area contributed by atoms with Gasteiger partial charge in [-0.05, 0) is 74.9 Å². The minimum absolute atomic E-state index is 0.0259. The summed E-state index contributed by atoms with van der Waals surface area (Å²) < 4.78 is 24.1. The second-order valence-corrected chi connectivity index (χ2v) is 8.03. The van der Waals surface area contributed by atoms with Gasteiger partial charge in [0.15, 0.2) is 5.78 Å². The normalized spacial score (nSPS) is 11.8. The number of unbranched alkanes of at least 4 members (excludes halogenated alkanes) is 2. The second kappa shape index (κ2) is 11.1. The van der Waals surface area contributed by atoms with E-state index >= 15 is 0 Å². The van der Waals surface area contributed by atoms with E-state index in [-0.39, 0.29) is 23.5 Å². The summed E-state index contributed by atoms with van der Waals surface area (Å²) >= 11 is 0. The molecule has 0 aliphatic rings. The van der Waals surface area contributed by atoms with Crippen molar-refractivity contribution in [1.82, 2.24) is 0 Å². The Hall–Kier alpha value is -2.69. The minimum atomic E-state index is -0.284. The van der Waals surface area contributed by atoms with Crippen LogP contribution in [0, 0.1) is 26.6 Å². The molecule has 0 spiro atoms. The Morgan fingerprint density at radius 3 is 2.13 bits per heavy atom. The molecule has 168 valence electrons. The molecular formula is C26H33FO4. The number of hydrogen-bond acceptors (Lipinski definition) is 4. The first-order chi connectivity index (χ1) is 14.7. The molecule has 0 radical (unpaired) electrons. The average molecular weight is 429 g/mol. The first kappa shape index (κ1) is 24.6. The molecule has 0 bridgehead atoms. The predicted molar refractivity (Wildman–Crippen MR) is 121 cm³/mol. The number of carbonyl (C=O) groups is 2. The van der Waals surface area contributed by atoms with Crippen LogP contribution in [0.3, 0.4) is 0 Å². The highest BCUT2D eigenvalue weighted by Crippen LogP contribution is 2.42. The first-order valence-corrected chi connectivity index (χ1v) is 10.7. The summed E-state index contributed by atoms with van der Waals surface area (Å²) in [6.07, 6.45) is 3.70. The molecule has 0 heterocycles. The topological polar surface area (TPSA) is 52.6 Å². The van der Waals surface area contributed by atoms with E-state index in [4.69, 9.17) is 9.47 Å². The first-order valence-electron chi connectivity index (χ1n) is 10.7. The molecule has 0 saturated heterocycles. The van der Waals surface area contributed by atoms with Gasteiger partial charge in [0.05, 0.1) is 14.2 Å². The highest BCUT2D eigenvalue weighted by molar-refractivity contribution is 5.98. The number of halogens is 1. The number of esters is 1. The highest BCUT2D eigenvalue weighted by atomic mass is 19.1. The van der Waals surface area contributed by atoms with Crippen LogP contribution < -0.4 is 4.74 Å². The number of methoxy groups -OCH3 is 2. The summed E-state index contributed by atoms with van der Waals surface area (Å²) in [5.41, 5.74) is 5.49. The zero-order valence-corrected chi connectivity index (χ0v) is 19.4. The van der Waals surface area contributed by atoms with Crippen LogP contribution in [-0.4, -0.2) is 26.0 Å². The van der Waals surface area contributed by atoms with Crippen molar-refractivity contribution in [3.05, 3.63) is 63.5 Å². The number of carbonyl (C=O) groups excluding carboxylic acids is 2. The van der Waals surface area contributed by atoms with E-state index < -0.39 is 0 Å². The van der Waals surface area contributed by atoms with Gasteiger partial charge in [-0.2, -0.15) is 0 Å². The summed E-state index contributed by atoms with van der Waals surface area (Å²) in [6, 6.07) is 6.54. The number of Topliss-reactive ketones (excluding diaryl/α,β-unsaturated/α-hetero) is 1. The van der Waals surface area contributed by atoms with Crippen LogP contribution in [0.4, 0.5) is 4.39 Å². The van der Waals surface area contributed by atoms with Crippen molar-refractivity contribution < 1.29 is 23.5 Å². The molecule has 0 aliphatic heterocycles. The zero-order valence-electron chi connectivity index (χ0n) is 19.4. The van der Waals surface area contributed by atoms with Crippen molar-refractivity contribution in [2.24, 2.45) is 0 Å². The smallest absolute Gasteiger partial charge is 0.305 e. The fourth-order valence-electron chi connectivity index (χ4n) is 4.43. The zero-order chi connectivity index (χ0) is 23.1. The Labute approximate surface area is 184 Å². The van der Waals surface area contributed by atoms with E-state index in [0.717, 1.165) is 64.8 Å². The van der Waals surface area contributed by atoms with Crippen LogP contribution in [0.2, 0.25) is 0 Å². The van der Waals surface area contributed by atoms with Crippen LogP contribution >= 0.6 is 0 Å². The third-order valence-corrected chi connectivity index (χ3v) is 6.08. The van der Waals surface area contributed by atoms with E-state index in [1.807, 2.05) is 20.8 Å². The molecule has 0 amide bonds. The van der Waals surface area contributed by atoms with Gasteiger partial charge in [-0.3, -0.25) is 9.59 Å². The number of ketones is 1. The summed E-state index contributed by atoms with van der Waals surface area (Å²) in [4.78, 5) is 23.8. The van der Waals surface area contributed by atoms with Gasteiger partial charge in [-0.15, -0.1) is 0 Å². The van der Waals surface area contributed by atoms with Gasteiger partial charge in [0, 0.05) is 23.5 Å². The molecule has 2 aromatic carbocycles. The lowest BCUT2D eigenvalue weighted by Crippen LogP contribution is -2.13. The third-order valence-electron chi connectivity index (χ3n) is 6.08. The molecular weight excluding hydrogens is 395 g/mol. The van der Waals surface area contributed by atoms with E-state index in [0.29, 0.717) is 6.42 Å². The Morgan fingerprint density at radius 2 is 1.58 bits per heavy atom. The predicted octanol–water partition coefficient (Wildman–Crippen LogP) is 6.22. The summed E-state index contributed by atoms with van der Waals surface area (Å²) in [6.45, 7) is 7.48. The maximum Gasteiger partial charge on any atom is 0.305 e. The number of benzene rings is 2. The largest absolute Gasteiger partial charge is 0.496 e. The maximum atomic E-state index is 13.6. The minimum Gasteiger partial charge on any atom is -0.496 e. The molecule has 0 aromatic heterocycles. The Morgan fingerprint density at radius 1 is 0.935 bits per heavy atom. The lowest BCUT2D eigenvalue weighted by atomic mass is 9.79. The molecule has 0 N–H and O–H groups in total. The van der Waals surface area contributed by atoms with Crippen molar-refractivity contribution >= 4 is 11.8 Å². The van der Waals surface area contributed by atoms with Crippen molar-refractivity contribution in [3.63, 3.8) is 0 Å². The lowest BCUT2D eigenvalue weighted by Gasteiger charge is -2.27. The molecule has 2 aromatic rings. The Balaban J connectivity index is 2.49. The third kappa shape index (κ3) is 5.72. The summed E-state index contributed by atoms with van der Waals surface area (Å²) in [5.74, 6) is 0.273. The molecule has 5 heteroatoms. The molecule has 0 fully saturated rings. The molecule has 0 aliphatic carbocycles. The highest BCUT2D eigenvalue weighted by Gasteiger charge is 2.27. The van der Waals surface area contributed by atoms with Crippen molar-refractivity contribution in [2.75, 3.05) is 14.2 Å². The van der Waals surface area contributed by atoms with Crippen LogP contribution in [0.1, 0.15) is 83.1 Å². The molecule has 31 heavy (non-hydrogen) atoms. The quantitative estimate of drug-likeness (QED) is 0.256. The van der Waals surface area contributed by atoms with Gasteiger partial charge >= 0.3 is 5.97 Å². The van der Waals surface area contributed by atoms with Crippen LogP contribution in [-0.2, 0) is 9.53 Å². The van der Waals surface area contributed by atoms with Crippen molar-refractivity contribution in [2.45, 2.75) is 65.7 Å². The van der Waals surface area contributed by atoms with Gasteiger partial charge in [-0.25, -0.2) is 4.39 Å². The van der Waals surface area contributed by atoms with Gasteiger partial charge < -0.3 is 9.47 Å². The Bertz CT molecular complexity index is 932. The molecule has 0 unspecified atom stereocenters. The number of ether oxygens (including phenoxy) is 2. The van der Waals surface area contributed by atoms with Crippen LogP contribution in [0.25, 0.3) is 0 Å². The lowest BCUT2D eigenvalue weighted by molar-refractivity contribution is -0.140. The van der Waals surface area contributed by atoms with E-state index in [2.05, 4.69) is 0 Å². The van der Waals surface area contributed by atoms with Crippen molar-refractivity contribution in [1.29, 1.82) is 0 Å². The van der Waals surface area contributed by atoms with Gasteiger partial charge in [0.2, 0.25) is 0 Å². The molecule has 2 rings (SSSR count). The van der Waals surface area contributed by atoms with Gasteiger partial charge in [-0.1, -0.05) is 25.0 Å². The monoisotopic (exact) mass is 428 g/mol. The fraction of sp³-hybridized carbons (Fsp3) is 0.462. The SMILES string of the molecule is COC(=O)CCCCC[C@H](c1ccc(F)cc1)c1c(C)c(C(C)=O)c(C)c(C)c1OC. The molecule has 4 nitrogen and oxygen atoms in total. The van der Waals surface area contributed by atoms with Gasteiger partial charge in [0.25, 0.3) is 0 Å². The summed E-state index contributed by atoms with van der Waals surface area (Å²) in [5, 5.41) is 0. The van der Waals surface area contributed by atoms with E-state index in [9.17, 15) is 14.0 Å². The van der Waals surface area contributed by atoms with Crippen LogP contribution in [0.5, 0.6) is 5.75 Å². The maximum absolute atomic E-state index is 13.6. The average Bonchev–Trinajstić information content (AvgIpc) is 2.74. The standard InChI is InChI=1S/C26H33FO4/c1-16-17(2)26(31-6)25(18(3)24(16)19(4)28)22(20-12-14-21(27)15-13-20)10-8-7-9-11-23(29)30-5/h12-15,22H,7-11H2,1-6H3/t22-/m1/s1. The number of rotatable bonds is 10. The number of hydrogen-bond donors (Lipinski definition) is 0. The van der Waals surface area contributed by atoms with Gasteiger partial charge in [0.1, 0.15) is 11.6 Å². The van der Waals surface area contributed by atoms with E-state index in [1.165, 1.54) is 19.2 Å². The molecule has 1 atom stereocenters. The van der Waals surface area contributed by atoms with Crippen molar-refractivity contribution in [3.8, 4) is 5.75 Å².